The summed E-state index contributed by atoms with van der Waals surface area (Å²) in [6.45, 7) is 8.26. The average Bonchev–Trinajstić information content (AvgIpc) is 2.51. The highest BCUT2D eigenvalue weighted by molar-refractivity contribution is 5.85. The first kappa shape index (κ1) is 15.7. The minimum atomic E-state index is -0.534. The Balaban J connectivity index is 1.96. The number of hydrogen-bond acceptors (Lipinski definition) is 7. The van der Waals surface area contributed by atoms with Crippen LogP contribution < -0.4 is 5.32 Å². The molecule has 21 heavy (non-hydrogen) atoms. The maximum absolute atomic E-state index is 11.5. The van der Waals surface area contributed by atoms with Crippen LogP contribution in [0.1, 0.15) is 23.2 Å². The fourth-order valence-corrected chi connectivity index (χ4v) is 2.25. The van der Waals surface area contributed by atoms with Crippen LogP contribution in [0.15, 0.2) is 6.07 Å². The zero-order valence-electron chi connectivity index (χ0n) is 12.8. The van der Waals surface area contributed by atoms with Gasteiger partial charge in [-0.25, -0.2) is 14.8 Å². The fraction of sp³-hybridized carbons (Fsp3) is 0.643. The highest BCUT2D eigenvalue weighted by atomic mass is 16.5. The molecule has 1 aliphatic heterocycles. The van der Waals surface area contributed by atoms with Crippen LogP contribution in [0.5, 0.6) is 0 Å². The molecule has 1 aliphatic rings. The first-order valence-electron chi connectivity index (χ1n) is 7.14. The Hall–Kier alpha value is -1.73. The SMILES string of the molecule is CCN1CCOC(CNc2cc(C)nc(C(=O)OC)n2)C1. The summed E-state index contributed by atoms with van der Waals surface area (Å²) in [5.41, 5.74) is 0.715. The summed E-state index contributed by atoms with van der Waals surface area (Å²) in [7, 11) is 1.32. The number of esters is 1. The maximum Gasteiger partial charge on any atom is 0.376 e. The topological polar surface area (TPSA) is 76.6 Å². The Morgan fingerprint density at radius 3 is 3.10 bits per heavy atom. The molecule has 2 heterocycles. The van der Waals surface area contributed by atoms with Gasteiger partial charge in [0.25, 0.3) is 0 Å². The van der Waals surface area contributed by atoms with Gasteiger partial charge in [0.2, 0.25) is 5.82 Å². The number of hydrogen-bond donors (Lipinski definition) is 1. The zero-order chi connectivity index (χ0) is 15.2. The summed E-state index contributed by atoms with van der Waals surface area (Å²) in [5, 5.41) is 3.21. The molecule has 0 radical (unpaired) electrons. The number of nitrogens with one attached hydrogen (secondary N) is 1. The largest absolute Gasteiger partial charge is 0.463 e. The van der Waals surface area contributed by atoms with Gasteiger partial charge < -0.3 is 14.8 Å². The number of morpholine rings is 1. The molecular weight excluding hydrogens is 272 g/mol. The second-order valence-electron chi connectivity index (χ2n) is 4.98. The number of nitrogens with zero attached hydrogens (tertiary/aromatic N) is 3. The van der Waals surface area contributed by atoms with E-state index < -0.39 is 5.97 Å². The Morgan fingerprint density at radius 2 is 2.38 bits per heavy atom. The molecule has 116 valence electrons. The van der Waals surface area contributed by atoms with E-state index >= 15 is 0 Å². The van der Waals surface area contributed by atoms with Crippen LogP contribution in [0.3, 0.4) is 0 Å². The number of methoxy groups -OCH3 is 1. The quantitative estimate of drug-likeness (QED) is 0.801. The molecule has 1 fully saturated rings. The summed E-state index contributed by atoms with van der Waals surface area (Å²) in [5.74, 6) is 0.146. The number of aryl methyl sites for hydroxylation is 1. The molecule has 0 amide bonds. The van der Waals surface area contributed by atoms with Gasteiger partial charge in [-0.3, -0.25) is 4.90 Å². The third kappa shape index (κ3) is 4.37. The van der Waals surface area contributed by atoms with Gasteiger partial charge in [0, 0.05) is 31.4 Å². The van der Waals surface area contributed by atoms with E-state index in [1.807, 2.05) is 6.92 Å². The Kier molecular flexibility index (Phi) is 5.46. The third-order valence-electron chi connectivity index (χ3n) is 3.40. The molecule has 1 aromatic heterocycles. The highest BCUT2D eigenvalue weighted by Gasteiger charge is 2.19. The number of anilines is 1. The van der Waals surface area contributed by atoms with E-state index in [2.05, 4.69) is 31.8 Å². The number of ether oxygens (including phenoxy) is 2. The van der Waals surface area contributed by atoms with Crippen molar-refractivity contribution in [1.29, 1.82) is 0 Å². The summed E-state index contributed by atoms with van der Waals surface area (Å²) >= 11 is 0. The average molecular weight is 294 g/mol. The normalized spacial score (nSPS) is 19.3. The van der Waals surface area contributed by atoms with Crippen molar-refractivity contribution in [1.82, 2.24) is 14.9 Å². The van der Waals surface area contributed by atoms with Crippen LogP contribution in [0.25, 0.3) is 0 Å². The van der Waals surface area contributed by atoms with Crippen molar-refractivity contribution in [3.63, 3.8) is 0 Å². The summed E-state index contributed by atoms with van der Waals surface area (Å²) in [6, 6.07) is 1.80. The third-order valence-corrected chi connectivity index (χ3v) is 3.40. The second-order valence-corrected chi connectivity index (χ2v) is 4.98. The van der Waals surface area contributed by atoms with Crippen LogP contribution in [0.2, 0.25) is 0 Å². The summed E-state index contributed by atoms with van der Waals surface area (Å²) < 4.78 is 10.4. The van der Waals surface area contributed by atoms with Crippen molar-refractivity contribution in [2.75, 3.05) is 45.2 Å². The zero-order valence-corrected chi connectivity index (χ0v) is 12.8. The molecule has 0 aromatic carbocycles. The summed E-state index contributed by atoms with van der Waals surface area (Å²) in [6.07, 6.45) is 0.121. The van der Waals surface area contributed by atoms with E-state index in [0.29, 0.717) is 18.1 Å². The molecule has 7 heteroatoms. The van der Waals surface area contributed by atoms with E-state index in [0.717, 1.165) is 26.2 Å². The Morgan fingerprint density at radius 1 is 1.57 bits per heavy atom. The summed E-state index contributed by atoms with van der Waals surface area (Å²) in [4.78, 5) is 22.1. The minimum Gasteiger partial charge on any atom is -0.463 e. The standard InChI is InChI=1S/C14H22N4O3/c1-4-18-5-6-21-11(9-18)8-15-12-7-10(2)16-13(17-12)14(19)20-3/h7,11H,4-6,8-9H2,1-3H3,(H,15,16,17). The molecule has 2 rings (SSSR count). The van der Waals surface area contributed by atoms with Crippen molar-refractivity contribution in [2.24, 2.45) is 0 Å². The van der Waals surface area contributed by atoms with Crippen molar-refractivity contribution < 1.29 is 14.3 Å². The van der Waals surface area contributed by atoms with Crippen molar-refractivity contribution in [3.8, 4) is 0 Å². The lowest BCUT2D eigenvalue weighted by molar-refractivity contribution is -0.0192. The molecule has 1 N–H and O–H groups in total. The van der Waals surface area contributed by atoms with Crippen molar-refractivity contribution in [3.05, 3.63) is 17.6 Å². The number of carbonyl (C=O) groups is 1. The van der Waals surface area contributed by atoms with E-state index in [1.165, 1.54) is 7.11 Å². The number of rotatable bonds is 5. The Labute approximate surface area is 124 Å². The molecule has 0 spiro atoms. The molecule has 1 saturated heterocycles. The first-order valence-corrected chi connectivity index (χ1v) is 7.14. The maximum atomic E-state index is 11.5. The van der Waals surface area contributed by atoms with Crippen LogP contribution in [-0.2, 0) is 9.47 Å². The van der Waals surface area contributed by atoms with E-state index in [9.17, 15) is 4.79 Å². The van der Waals surface area contributed by atoms with Gasteiger partial charge in [-0.2, -0.15) is 0 Å². The van der Waals surface area contributed by atoms with Crippen LogP contribution in [0, 0.1) is 6.92 Å². The lowest BCUT2D eigenvalue weighted by atomic mass is 10.2. The van der Waals surface area contributed by atoms with Gasteiger partial charge in [0.05, 0.1) is 19.8 Å². The smallest absolute Gasteiger partial charge is 0.376 e. The van der Waals surface area contributed by atoms with Gasteiger partial charge >= 0.3 is 5.97 Å². The van der Waals surface area contributed by atoms with E-state index in [4.69, 9.17) is 4.74 Å². The van der Waals surface area contributed by atoms with Crippen LogP contribution in [-0.4, -0.2) is 66.8 Å². The molecule has 7 nitrogen and oxygen atoms in total. The lowest BCUT2D eigenvalue weighted by Gasteiger charge is -2.32. The molecule has 1 unspecified atom stereocenters. The van der Waals surface area contributed by atoms with Gasteiger partial charge in [-0.05, 0) is 13.5 Å². The molecule has 0 aliphatic carbocycles. The van der Waals surface area contributed by atoms with Crippen LogP contribution in [0.4, 0.5) is 5.82 Å². The molecule has 0 saturated carbocycles. The van der Waals surface area contributed by atoms with E-state index in [1.54, 1.807) is 6.07 Å². The fourth-order valence-electron chi connectivity index (χ4n) is 2.25. The predicted octanol–water partition coefficient (Wildman–Crippen LogP) is 0.704. The molecular formula is C14H22N4O3. The molecule has 1 aromatic rings. The van der Waals surface area contributed by atoms with Gasteiger partial charge in [0.1, 0.15) is 5.82 Å². The van der Waals surface area contributed by atoms with Gasteiger partial charge in [0.15, 0.2) is 0 Å². The number of likely N-dealkylation sites (N-methyl/N-ethyl adjacent to an activating group) is 1. The van der Waals surface area contributed by atoms with E-state index in [-0.39, 0.29) is 11.9 Å². The lowest BCUT2D eigenvalue weighted by Crippen LogP contribution is -2.45. The van der Waals surface area contributed by atoms with Gasteiger partial charge in [-0.15, -0.1) is 0 Å². The first-order chi connectivity index (χ1) is 10.1. The van der Waals surface area contributed by atoms with Crippen molar-refractivity contribution in [2.45, 2.75) is 20.0 Å². The minimum absolute atomic E-state index is 0.0692. The van der Waals surface area contributed by atoms with Crippen molar-refractivity contribution >= 4 is 11.8 Å². The number of aromatic nitrogens is 2. The second kappa shape index (κ2) is 7.33. The van der Waals surface area contributed by atoms with Gasteiger partial charge in [-0.1, -0.05) is 6.92 Å². The van der Waals surface area contributed by atoms with Crippen LogP contribution >= 0.6 is 0 Å². The molecule has 1 atom stereocenters. The highest BCUT2D eigenvalue weighted by Crippen LogP contribution is 2.10. The monoisotopic (exact) mass is 294 g/mol. The molecule has 0 bridgehead atoms. The number of carbonyl (C=O) groups excluding carboxylic acids is 1. The Bertz CT molecular complexity index is 495. The predicted molar refractivity (Wildman–Crippen MR) is 78.5 cm³/mol.